The van der Waals surface area contributed by atoms with Gasteiger partial charge in [-0.2, -0.15) is 0 Å². The fraction of sp³-hybridized carbons (Fsp3) is 0.278. The van der Waals surface area contributed by atoms with E-state index in [1.54, 1.807) is 0 Å². The summed E-state index contributed by atoms with van der Waals surface area (Å²) in [6, 6.07) is 19.1. The SMILES string of the molecule is CC(NCCc1ccccc1)c1nc2ccccc2n1C. The number of hydrogen-bond acceptors (Lipinski definition) is 2. The van der Waals surface area contributed by atoms with E-state index < -0.39 is 0 Å². The quantitative estimate of drug-likeness (QED) is 0.775. The summed E-state index contributed by atoms with van der Waals surface area (Å²) in [5, 5.41) is 3.57. The van der Waals surface area contributed by atoms with E-state index >= 15 is 0 Å². The van der Waals surface area contributed by atoms with Gasteiger partial charge in [0.05, 0.1) is 17.1 Å². The number of imidazole rings is 1. The first-order valence-electron chi connectivity index (χ1n) is 7.44. The monoisotopic (exact) mass is 279 g/mol. The summed E-state index contributed by atoms with van der Waals surface area (Å²) < 4.78 is 2.18. The Morgan fingerprint density at radius 2 is 1.76 bits per heavy atom. The van der Waals surface area contributed by atoms with Gasteiger partial charge in [0.15, 0.2) is 0 Å². The second-order valence-corrected chi connectivity index (χ2v) is 5.43. The number of para-hydroxylation sites is 2. The maximum atomic E-state index is 4.74. The third-order valence-corrected chi connectivity index (χ3v) is 3.92. The summed E-state index contributed by atoms with van der Waals surface area (Å²) >= 11 is 0. The van der Waals surface area contributed by atoms with Crippen LogP contribution in [-0.4, -0.2) is 16.1 Å². The summed E-state index contributed by atoms with van der Waals surface area (Å²) in [7, 11) is 2.08. The Hall–Kier alpha value is -2.13. The van der Waals surface area contributed by atoms with Crippen molar-refractivity contribution in [2.24, 2.45) is 7.05 Å². The van der Waals surface area contributed by atoms with E-state index in [0.717, 1.165) is 24.3 Å². The summed E-state index contributed by atoms with van der Waals surface area (Å²) in [4.78, 5) is 4.74. The number of nitrogens with zero attached hydrogens (tertiary/aromatic N) is 2. The molecule has 3 heteroatoms. The topological polar surface area (TPSA) is 29.9 Å². The van der Waals surface area contributed by atoms with Crippen LogP contribution >= 0.6 is 0 Å². The normalized spacial score (nSPS) is 12.7. The van der Waals surface area contributed by atoms with Gasteiger partial charge in [-0.3, -0.25) is 0 Å². The molecule has 0 aliphatic rings. The lowest BCUT2D eigenvalue weighted by molar-refractivity contribution is 0.536. The van der Waals surface area contributed by atoms with Crippen LogP contribution in [0, 0.1) is 0 Å². The molecule has 3 aromatic rings. The van der Waals surface area contributed by atoms with Crippen molar-refractivity contribution in [3.63, 3.8) is 0 Å². The number of benzene rings is 2. The van der Waals surface area contributed by atoms with Crippen LogP contribution in [-0.2, 0) is 13.5 Å². The molecular formula is C18H21N3. The minimum Gasteiger partial charge on any atom is -0.330 e. The smallest absolute Gasteiger partial charge is 0.126 e. The van der Waals surface area contributed by atoms with Crippen molar-refractivity contribution < 1.29 is 0 Å². The molecule has 1 N–H and O–H groups in total. The Morgan fingerprint density at radius 1 is 1.05 bits per heavy atom. The summed E-state index contributed by atoms with van der Waals surface area (Å²) in [6.07, 6.45) is 1.04. The van der Waals surface area contributed by atoms with E-state index in [4.69, 9.17) is 4.98 Å². The molecule has 1 atom stereocenters. The highest BCUT2D eigenvalue weighted by Crippen LogP contribution is 2.19. The van der Waals surface area contributed by atoms with Crippen LogP contribution in [0.15, 0.2) is 54.6 Å². The first-order valence-corrected chi connectivity index (χ1v) is 7.44. The van der Waals surface area contributed by atoms with Crippen LogP contribution in [0.4, 0.5) is 0 Å². The molecule has 0 radical (unpaired) electrons. The maximum Gasteiger partial charge on any atom is 0.126 e. The van der Waals surface area contributed by atoms with E-state index in [1.165, 1.54) is 11.1 Å². The lowest BCUT2D eigenvalue weighted by atomic mass is 10.1. The number of fused-ring (bicyclic) bond motifs is 1. The molecule has 0 amide bonds. The highest BCUT2D eigenvalue weighted by atomic mass is 15.1. The molecule has 0 aliphatic heterocycles. The first-order chi connectivity index (χ1) is 10.3. The molecule has 2 aromatic carbocycles. The van der Waals surface area contributed by atoms with Gasteiger partial charge >= 0.3 is 0 Å². The molecule has 1 aromatic heterocycles. The Morgan fingerprint density at radius 3 is 2.52 bits per heavy atom. The molecule has 1 unspecified atom stereocenters. The Kier molecular flexibility index (Phi) is 4.02. The standard InChI is InChI=1S/C18H21N3/c1-14(19-13-12-15-8-4-3-5-9-15)18-20-16-10-6-7-11-17(16)21(18)2/h3-11,14,19H,12-13H2,1-2H3. The van der Waals surface area contributed by atoms with Gasteiger partial charge in [0.2, 0.25) is 0 Å². The van der Waals surface area contributed by atoms with Crippen LogP contribution in [0.2, 0.25) is 0 Å². The van der Waals surface area contributed by atoms with Gasteiger partial charge in [-0.05, 0) is 37.6 Å². The number of aryl methyl sites for hydroxylation is 1. The minimum absolute atomic E-state index is 0.242. The van der Waals surface area contributed by atoms with E-state index in [-0.39, 0.29) is 6.04 Å². The van der Waals surface area contributed by atoms with E-state index in [0.29, 0.717) is 0 Å². The highest BCUT2D eigenvalue weighted by molar-refractivity contribution is 5.75. The van der Waals surface area contributed by atoms with Crippen LogP contribution in [0.3, 0.4) is 0 Å². The second kappa shape index (κ2) is 6.10. The van der Waals surface area contributed by atoms with E-state index in [9.17, 15) is 0 Å². The number of aromatic nitrogens is 2. The zero-order valence-electron chi connectivity index (χ0n) is 12.6. The minimum atomic E-state index is 0.242. The van der Waals surface area contributed by atoms with Crippen molar-refractivity contribution in [3.8, 4) is 0 Å². The zero-order valence-corrected chi connectivity index (χ0v) is 12.6. The average molecular weight is 279 g/mol. The summed E-state index contributed by atoms with van der Waals surface area (Å²) in [5.74, 6) is 1.09. The highest BCUT2D eigenvalue weighted by Gasteiger charge is 2.13. The lowest BCUT2D eigenvalue weighted by Crippen LogP contribution is -2.23. The summed E-state index contributed by atoms with van der Waals surface area (Å²) in [6.45, 7) is 3.13. The lowest BCUT2D eigenvalue weighted by Gasteiger charge is -2.13. The van der Waals surface area contributed by atoms with Gasteiger partial charge in [0.25, 0.3) is 0 Å². The van der Waals surface area contributed by atoms with E-state index in [1.807, 2.05) is 6.07 Å². The van der Waals surface area contributed by atoms with Gasteiger partial charge in [-0.15, -0.1) is 0 Å². The fourth-order valence-electron chi connectivity index (χ4n) is 2.72. The first kappa shape index (κ1) is 13.8. The van der Waals surface area contributed by atoms with Gasteiger partial charge in [0.1, 0.15) is 5.82 Å². The molecule has 0 bridgehead atoms. The van der Waals surface area contributed by atoms with Crippen molar-refractivity contribution in [2.45, 2.75) is 19.4 Å². The van der Waals surface area contributed by atoms with Crippen molar-refractivity contribution in [1.82, 2.24) is 14.9 Å². The summed E-state index contributed by atoms with van der Waals surface area (Å²) in [5.41, 5.74) is 3.61. The molecule has 0 aliphatic carbocycles. The van der Waals surface area contributed by atoms with Crippen molar-refractivity contribution in [2.75, 3.05) is 6.54 Å². The van der Waals surface area contributed by atoms with Crippen molar-refractivity contribution >= 4 is 11.0 Å². The third-order valence-electron chi connectivity index (χ3n) is 3.92. The molecule has 3 nitrogen and oxygen atoms in total. The molecule has 3 rings (SSSR count). The van der Waals surface area contributed by atoms with Crippen molar-refractivity contribution in [1.29, 1.82) is 0 Å². The van der Waals surface area contributed by atoms with Crippen LogP contribution < -0.4 is 5.32 Å². The predicted molar refractivity (Wildman–Crippen MR) is 87.3 cm³/mol. The molecule has 0 saturated heterocycles. The van der Waals surface area contributed by atoms with Crippen molar-refractivity contribution in [3.05, 3.63) is 66.0 Å². The molecule has 0 fully saturated rings. The average Bonchev–Trinajstić information content (AvgIpc) is 2.86. The molecule has 21 heavy (non-hydrogen) atoms. The predicted octanol–water partition coefficient (Wildman–Crippen LogP) is 3.47. The second-order valence-electron chi connectivity index (χ2n) is 5.43. The number of nitrogens with one attached hydrogen (secondary N) is 1. The molecule has 108 valence electrons. The Balaban J connectivity index is 1.67. The van der Waals surface area contributed by atoms with Gasteiger partial charge in [-0.1, -0.05) is 42.5 Å². The van der Waals surface area contributed by atoms with Crippen LogP contribution in [0.5, 0.6) is 0 Å². The fourth-order valence-corrected chi connectivity index (χ4v) is 2.72. The van der Waals surface area contributed by atoms with Crippen LogP contribution in [0.25, 0.3) is 11.0 Å². The van der Waals surface area contributed by atoms with Gasteiger partial charge in [-0.25, -0.2) is 4.98 Å². The number of rotatable bonds is 5. The maximum absolute atomic E-state index is 4.74. The van der Waals surface area contributed by atoms with Gasteiger partial charge in [0, 0.05) is 7.05 Å². The largest absolute Gasteiger partial charge is 0.330 e. The molecule has 0 spiro atoms. The molecule has 1 heterocycles. The Bertz CT molecular complexity index is 716. The molecular weight excluding hydrogens is 258 g/mol. The Labute approximate surface area is 125 Å². The van der Waals surface area contributed by atoms with E-state index in [2.05, 4.69) is 72.4 Å². The van der Waals surface area contributed by atoms with Crippen LogP contribution in [0.1, 0.15) is 24.4 Å². The third kappa shape index (κ3) is 2.98. The van der Waals surface area contributed by atoms with Gasteiger partial charge < -0.3 is 9.88 Å². The number of hydrogen-bond donors (Lipinski definition) is 1. The molecule has 0 saturated carbocycles. The zero-order chi connectivity index (χ0) is 14.7.